The summed E-state index contributed by atoms with van der Waals surface area (Å²) in [5.74, 6) is 0.493. The summed E-state index contributed by atoms with van der Waals surface area (Å²) in [5.41, 5.74) is 7.77. The Bertz CT molecular complexity index is 710. The van der Waals surface area contributed by atoms with Gasteiger partial charge in [0.2, 0.25) is 0 Å². The number of benzene rings is 2. The van der Waals surface area contributed by atoms with Crippen molar-refractivity contribution in [1.82, 2.24) is 0 Å². The van der Waals surface area contributed by atoms with Crippen LogP contribution >= 0.6 is 11.6 Å². The van der Waals surface area contributed by atoms with Gasteiger partial charge in [-0.15, -0.1) is 0 Å². The highest BCUT2D eigenvalue weighted by molar-refractivity contribution is 6.32. The molecule has 0 bridgehead atoms. The van der Waals surface area contributed by atoms with Gasteiger partial charge in [0, 0.05) is 17.8 Å². The van der Waals surface area contributed by atoms with Crippen molar-refractivity contribution >= 4 is 23.2 Å². The van der Waals surface area contributed by atoms with E-state index in [9.17, 15) is 4.79 Å². The van der Waals surface area contributed by atoms with Gasteiger partial charge in [-0.3, -0.25) is 4.79 Å². The summed E-state index contributed by atoms with van der Waals surface area (Å²) < 4.78 is 5.92. The quantitative estimate of drug-likeness (QED) is 0.846. The van der Waals surface area contributed by atoms with Crippen molar-refractivity contribution in [3.63, 3.8) is 0 Å². The number of nitrogens with one attached hydrogen (secondary N) is 1. The standard InChI is InChI=1S/C19H21ClN2O2/c20-17-11-15(9-10-18(17)24-16-3-1-2-4-16)22-19(23)14-7-5-13(12-21)6-8-14/h5-11,16H,1-4,12,21H2,(H,22,23). The Morgan fingerprint density at radius 2 is 1.88 bits per heavy atom. The van der Waals surface area contributed by atoms with Gasteiger partial charge in [0.15, 0.2) is 0 Å². The Morgan fingerprint density at radius 3 is 2.50 bits per heavy atom. The first kappa shape index (κ1) is 16.8. The average molecular weight is 345 g/mol. The SMILES string of the molecule is NCc1ccc(C(=O)Nc2ccc(OC3CCCC3)c(Cl)c2)cc1. The molecule has 0 heterocycles. The van der Waals surface area contributed by atoms with Crippen LogP contribution in [0.15, 0.2) is 42.5 Å². The van der Waals surface area contributed by atoms with E-state index in [1.165, 1.54) is 12.8 Å². The van der Waals surface area contributed by atoms with Gasteiger partial charge in [0.1, 0.15) is 5.75 Å². The zero-order valence-corrected chi connectivity index (χ0v) is 14.2. The van der Waals surface area contributed by atoms with E-state index in [0.717, 1.165) is 18.4 Å². The predicted molar refractivity (Wildman–Crippen MR) is 96.6 cm³/mol. The van der Waals surface area contributed by atoms with E-state index in [4.69, 9.17) is 22.1 Å². The molecule has 2 aromatic rings. The first-order chi connectivity index (χ1) is 11.7. The molecular formula is C19H21ClN2O2. The Morgan fingerprint density at radius 1 is 1.17 bits per heavy atom. The van der Waals surface area contributed by atoms with Crippen molar-refractivity contribution in [3.05, 3.63) is 58.6 Å². The van der Waals surface area contributed by atoms with E-state index < -0.39 is 0 Å². The number of rotatable bonds is 5. The summed E-state index contributed by atoms with van der Waals surface area (Å²) in [4.78, 5) is 12.3. The third-order valence-corrected chi connectivity index (χ3v) is 4.53. The smallest absolute Gasteiger partial charge is 0.255 e. The van der Waals surface area contributed by atoms with Crippen molar-refractivity contribution in [2.24, 2.45) is 5.73 Å². The molecule has 0 aliphatic heterocycles. The molecule has 0 saturated heterocycles. The lowest BCUT2D eigenvalue weighted by Crippen LogP contribution is -2.13. The van der Waals surface area contributed by atoms with E-state index in [1.807, 2.05) is 24.3 Å². The summed E-state index contributed by atoms with van der Waals surface area (Å²) in [6, 6.07) is 12.6. The van der Waals surface area contributed by atoms with E-state index in [1.54, 1.807) is 18.2 Å². The second kappa shape index (κ2) is 7.69. The van der Waals surface area contributed by atoms with Gasteiger partial charge in [-0.2, -0.15) is 0 Å². The molecular weight excluding hydrogens is 324 g/mol. The zero-order chi connectivity index (χ0) is 16.9. The molecule has 0 radical (unpaired) electrons. The number of hydrogen-bond donors (Lipinski definition) is 2. The lowest BCUT2D eigenvalue weighted by molar-refractivity contribution is 0.102. The van der Waals surface area contributed by atoms with Crippen LogP contribution in [-0.2, 0) is 6.54 Å². The minimum Gasteiger partial charge on any atom is -0.489 e. The monoisotopic (exact) mass is 344 g/mol. The van der Waals surface area contributed by atoms with Crippen molar-refractivity contribution in [3.8, 4) is 5.75 Å². The summed E-state index contributed by atoms with van der Waals surface area (Å²) in [6.07, 6.45) is 4.82. The number of nitrogens with two attached hydrogens (primary N) is 1. The van der Waals surface area contributed by atoms with E-state index in [-0.39, 0.29) is 12.0 Å². The van der Waals surface area contributed by atoms with E-state index in [2.05, 4.69) is 5.32 Å². The van der Waals surface area contributed by atoms with Crippen LogP contribution in [0.2, 0.25) is 5.02 Å². The van der Waals surface area contributed by atoms with Crippen LogP contribution < -0.4 is 15.8 Å². The van der Waals surface area contributed by atoms with E-state index >= 15 is 0 Å². The van der Waals surface area contributed by atoms with Crippen LogP contribution in [-0.4, -0.2) is 12.0 Å². The number of ether oxygens (including phenoxy) is 1. The number of halogens is 1. The summed E-state index contributed by atoms with van der Waals surface area (Å²) in [7, 11) is 0. The molecule has 3 rings (SSSR count). The first-order valence-corrected chi connectivity index (χ1v) is 8.60. The highest BCUT2D eigenvalue weighted by atomic mass is 35.5. The molecule has 24 heavy (non-hydrogen) atoms. The summed E-state index contributed by atoms with van der Waals surface area (Å²) in [5, 5.41) is 3.36. The van der Waals surface area contributed by atoms with Gasteiger partial charge in [-0.25, -0.2) is 0 Å². The third kappa shape index (κ3) is 4.08. The number of amides is 1. The Balaban J connectivity index is 1.65. The van der Waals surface area contributed by atoms with Crippen LogP contribution in [0.25, 0.3) is 0 Å². The average Bonchev–Trinajstić information content (AvgIpc) is 3.10. The lowest BCUT2D eigenvalue weighted by Gasteiger charge is -2.15. The fourth-order valence-electron chi connectivity index (χ4n) is 2.86. The Labute approximate surface area is 147 Å². The maximum absolute atomic E-state index is 12.3. The predicted octanol–water partition coefficient (Wildman–Crippen LogP) is 4.37. The van der Waals surface area contributed by atoms with Crippen LogP contribution in [0, 0.1) is 0 Å². The molecule has 0 atom stereocenters. The molecule has 0 spiro atoms. The van der Waals surface area contributed by atoms with Crippen LogP contribution in [0.5, 0.6) is 5.75 Å². The molecule has 0 unspecified atom stereocenters. The molecule has 1 aliphatic rings. The molecule has 4 nitrogen and oxygen atoms in total. The van der Waals surface area contributed by atoms with Crippen molar-refractivity contribution < 1.29 is 9.53 Å². The van der Waals surface area contributed by atoms with Gasteiger partial charge in [-0.1, -0.05) is 23.7 Å². The van der Waals surface area contributed by atoms with E-state index in [0.29, 0.717) is 28.6 Å². The molecule has 1 saturated carbocycles. The van der Waals surface area contributed by atoms with Gasteiger partial charge < -0.3 is 15.8 Å². The lowest BCUT2D eigenvalue weighted by atomic mass is 10.1. The number of anilines is 1. The van der Waals surface area contributed by atoms with Crippen molar-refractivity contribution in [2.45, 2.75) is 38.3 Å². The number of hydrogen-bond acceptors (Lipinski definition) is 3. The molecule has 0 aromatic heterocycles. The van der Waals surface area contributed by atoms with Gasteiger partial charge >= 0.3 is 0 Å². The number of carbonyl (C=O) groups excluding carboxylic acids is 1. The highest BCUT2D eigenvalue weighted by Gasteiger charge is 2.18. The normalized spacial score (nSPS) is 14.6. The van der Waals surface area contributed by atoms with Crippen LogP contribution in [0.1, 0.15) is 41.6 Å². The molecule has 5 heteroatoms. The minimum absolute atomic E-state index is 0.181. The van der Waals surface area contributed by atoms with Gasteiger partial charge in [-0.05, 0) is 61.6 Å². The first-order valence-electron chi connectivity index (χ1n) is 8.22. The molecule has 126 valence electrons. The van der Waals surface area contributed by atoms with Crippen LogP contribution in [0.4, 0.5) is 5.69 Å². The maximum atomic E-state index is 12.3. The second-order valence-electron chi connectivity index (χ2n) is 6.02. The fraction of sp³-hybridized carbons (Fsp3) is 0.316. The Hall–Kier alpha value is -2.04. The van der Waals surface area contributed by atoms with Crippen LogP contribution in [0.3, 0.4) is 0 Å². The fourth-order valence-corrected chi connectivity index (χ4v) is 3.08. The molecule has 3 N–H and O–H groups in total. The maximum Gasteiger partial charge on any atom is 0.255 e. The topological polar surface area (TPSA) is 64.4 Å². The second-order valence-corrected chi connectivity index (χ2v) is 6.43. The molecule has 1 aliphatic carbocycles. The summed E-state index contributed by atoms with van der Waals surface area (Å²) in [6.45, 7) is 0.458. The molecule has 2 aromatic carbocycles. The zero-order valence-electron chi connectivity index (χ0n) is 13.4. The third-order valence-electron chi connectivity index (χ3n) is 4.24. The van der Waals surface area contributed by atoms with Gasteiger partial charge in [0.25, 0.3) is 5.91 Å². The minimum atomic E-state index is -0.181. The molecule has 1 fully saturated rings. The highest BCUT2D eigenvalue weighted by Crippen LogP contribution is 2.31. The Kier molecular flexibility index (Phi) is 5.38. The summed E-state index contributed by atoms with van der Waals surface area (Å²) >= 11 is 6.29. The van der Waals surface area contributed by atoms with Crippen molar-refractivity contribution in [1.29, 1.82) is 0 Å². The largest absolute Gasteiger partial charge is 0.489 e. The van der Waals surface area contributed by atoms with Crippen molar-refractivity contribution in [2.75, 3.05) is 5.32 Å². The number of carbonyl (C=O) groups is 1. The van der Waals surface area contributed by atoms with Gasteiger partial charge in [0.05, 0.1) is 11.1 Å². The molecule has 1 amide bonds.